The van der Waals surface area contributed by atoms with Gasteiger partial charge in [-0.25, -0.2) is 0 Å². The molecule has 0 unspecified atom stereocenters. The predicted octanol–water partition coefficient (Wildman–Crippen LogP) is 3.70. The molecule has 0 aromatic carbocycles. The van der Waals surface area contributed by atoms with E-state index in [2.05, 4.69) is 56.5 Å². The number of alkyl halides is 1. The number of ether oxygens (including phenoxy) is 2. The van der Waals surface area contributed by atoms with Crippen molar-refractivity contribution in [3.8, 4) is 0 Å². The first-order valence-electron chi connectivity index (χ1n) is 8.90. The van der Waals surface area contributed by atoms with Gasteiger partial charge in [0.1, 0.15) is 17.6 Å². The summed E-state index contributed by atoms with van der Waals surface area (Å²) in [5.74, 6) is -0.504. The molecule has 25 heavy (non-hydrogen) atoms. The van der Waals surface area contributed by atoms with Crippen molar-refractivity contribution in [3.63, 3.8) is 0 Å². The SMILES string of the molecule is CC(C)(C)[Si](C)(C)O[C@H]1[C@H]2CC(=O)O[C@@]2(CI)[C@]2(C)COC(=O)[C@]12C. The number of hydrogen-bond donors (Lipinski definition) is 0. The van der Waals surface area contributed by atoms with Crippen LogP contribution in [-0.2, 0) is 23.5 Å². The normalized spacial score (nSPS) is 43.7. The summed E-state index contributed by atoms with van der Waals surface area (Å²) in [6.07, 6.45) is -0.0320. The number of esters is 2. The number of carbonyl (C=O) groups excluding carboxylic acids is 2. The zero-order valence-corrected chi connectivity index (χ0v) is 19.4. The largest absolute Gasteiger partial charge is 0.464 e. The molecule has 0 N–H and O–H groups in total. The van der Waals surface area contributed by atoms with Gasteiger partial charge >= 0.3 is 11.9 Å². The molecule has 7 heteroatoms. The fourth-order valence-corrected chi connectivity index (χ4v) is 7.59. The summed E-state index contributed by atoms with van der Waals surface area (Å²) in [7, 11) is -2.14. The molecule has 5 atom stereocenters. The molecule has 1 saturated carbocycles. The van der Waals surface area contributed by atoms with E-state index in [9.17, 15) is 9.59 Å². The average molecular weight is 480 g/mol. The van der Waals surface area contributed by atoms with Crippen molar-refractivity contribution in [1.82, 2.24) is 0 Å². The molecule has 0 amide bonds. The van der Waals surface area contributed by atoms with Crippen LogP contribution in [0.4, 0.5) is 0 Å². The van der Waals surface area contributed by atoms with E-state index in [0.29, 0.717) is 10.8 Å². The highest BCUT2D eigenvalue weighted by molar-refractivity contribution is 14.1. The smallest absolute Gasteiger partial charge is 0.315 e. The highest BCUT2D eigenvalue weighted by atomic mass is 127. The van der Waals surface area contributed by atoms with Crippen molar-refractivity contribution in [2.45, 2.75) is 70.9 Å². The van der Waals surface area contributed by atoms with E-state index in [1.165, 1.54) is 0 Å². The van der Waals surface area contributed by atoms with Crippen molar-refractivity contribution in [2.75, 3.05) is 11.0 Å². The predicted molar refractivity (Wildman–Crippen MR) is 105 cm³/mol. The van der Waals surface area contributed by atoms with Gasteiger partial charge in [0.15, 0.2) is 8.32 Å². The van der Waals surface area contributed by atoms with Crippen molar-refractivity contribution in [2.24, 2.45) is 16.7 Å². The second-order valence-corrected chi connectivity index (χ2v) is 15.2. The molecule has 2 aliphatic heterocycles. The minimum atomic E-state index is -2.14. The Bertz CT molecular complexity index is 629. The summed E-state index contributed by atoms with van der Waals surface area (Å²) in [4.78, 5) is 25.1. The van der Waals surface area contributed by atoms with Gasteiger partial charge in [-0.1, -0.05) is 50.3 Å². The van der Waals surface area contributed by atoms with Crippen LogP contribution in [0.15, 0.2) is 0 Å². The zero-order valence-electron chi connectivity index (χ0n) is 16.2. The van der Waals surface area contributed by atoms with Gasteiger partial charge < -0.3 is 13.9 Å². The average Bonchev–Trinajstić information content (AvgIpc) is 2.99. The van der Waals surface area contributed by atoms with Gasteiger partial charge in [-0.05, 0) is 25.1 Å². The molecule has 3 aliphatic rings. The molecule has 0 spiro atoms. The van der Waals surface area contributed by atoms with E-state index in [0.717, 1.165) is 0 Å². The maximum absolute atomic E-state index is 12.9. The molecule has 2 heterocycles. The van der Waals surface area contributed by atoms with Crippen LogP contribution in [0.25, 0.3) is 0 Å². The van der Waals surface area contributed by atoms with E-state index in [1.807, 2.05) is 13.8 Å². The summed E-state index contributed by atoms with van der Waals surface area (Å²) >= 11 is 2.28. The van der Waals surface area contributed by atoms with Crippen molar-refractivity contribution < 1.29 is 23.5 Å². The number of hydrogen-bond acceptors (Lipinski definition) is 5. The number of fused-ring (bicyclic) bond motifs is 3. The highest BCUT2D eigenvalue weighted by Crippen LogP contribution is 2.70. The third kappa shape index (κ3) is 2.20. The van der Waals surface area contributed by atoms with Crippen LogP contribution in [-0.4, -0.2) is 43.0 Å². The Balaban J connectivity index is 2.14. The van der Waals surface area contributed by atoms with E-state index < -0.39 is 24.7 Å². The fraction of sp³-hybridized carbons (Fsp3) is 0.889. The monoisotopic (exact) mass is 480 g/mol. The van der Waals surface area contributed by atoms with Crippen LogP contribution in [0.2, 0.25) is 18.1 Å². The third-order valence-electron chi connectivity index (χ3n) is 7.64. The van der Waals surface area contributed by atoms with Gasteiger partial charge in [0, 0.05) is 10.3 Å². The van der Waals surface area contributed by atoms with E-state index in [4.69, 9.17) is 13.9 Å². The number of carbonyl (C=O) groups is 2. The number of cyclic esters (lactones) is 1. The number of halogens is 1. The quantitative estimate of drug-likeness (QED) is 0.267. The molecule has 0 aromatic heterocycles. The van der Waals surface area contributed by atoms with Crippen molar-refractivity contribution in [1.29, 1.82) is 0 Å². The fourth-order valence-electron chi connectivity index (χ4n) is 4.64. The van der Waals surface area contributed by atoms with E-state index in [1.54, 1.807) is 0 Å². The topological polar surface area (TPSA) is 61.8 Å². The molecule has 3 fully saturated rings. The first kappa shape index (κ1) is 19.6. The Hall–Kier alpha value is -0.153. The maximum atomic E-state index is 12.9. The minimum Gasteiger partial charge on any atom is -0.464 e. The van der Waals surface area contributed by atoms with E-state index >= 15 is 0 Å². The van der Waals surface area contributed by atoms with E-state index in [-0.39, 0.29) is 35.6 Å². The summed E-state index contributed by atoms with van der Waals surface area (Å²) in [5, 5.41) is 0.0152. The van der Waals surface area contributed by atoms with Crippen LogP contribution >= 0.6 is 22.6 Å². The molecule has 142 valence electrons. The van der Waals surface area contributed by atoms with Gasteiger partial charge in [-0.15, -0.1) is 0 Å². The lowest BCUT2D eigenvalue weighted by Gasteiger charge is -2.43. The summed E-state index contributed by atoms with van der Waals surface area (Å²) in [5.41, 5.74) is -2.06. The van der Waals surface area contributed by atoms with Gasteiger partial charge in [-0.2, -0.15) is 0 Å². The molecule has 0 bridgehead atoms. The van der Waals surface area contributed by atoms with Gasteiger partial charge in [0.05, 0.1) is 17.9 Å². The lowest BCUT2D eigenvalue weighted by molar-refractivity contribution is -0.161. The molecule has 0 radical (unpaired) electrons. The molecule has 1 aliphatic carbocycles. The standard InChI is InChI=1S/C18H29IO5Si/c1-15(2,3)25(6,7)24-13-11-8-12(20)23-18(11,9-19)16(4)10-22-14(21)17(13,16)5/h11,13H,8-10H2,1-7H3/t11-,13+,16-,17+,18-/m1/s1. The second-order valence-electron chi connectivity index (χ2n) is 9.72. The molecule has 3 rings (SSSR count). The first-order chi connectivity index (χ1) is 11.3. The van der Waals surface area contributed by atoms with Crippen LogP contribution in [0.5, 0.6) is 0 Å². The van der Waals surface area contributed by atoms with Crippen LogP contribution < -0.4 is 0 Å². The Kier molecular flexibility index (Phi) is 4.26. The lowest BCUT2D eigenvalue weighted by atomic mass is 9.64. The third-order valence-corrected chi connectivity index (χ3v) is 13.2. The van der Waals surface area contributed by atoms with Crippen molar-refractivity contribution in [3.05, 3.63) is 0 Å². The summed E-state index contributed by atoms with van der Waals surface area (Å²) in [6.45, 7) is 15.2. The minimum absolute atomic E-state index is 0.0152. The number of rotatable bonds is 3. The Morgan fingerprint density at radius 2 is 1.88 bits per heavy atom. The Labute approximate surface area is 164 Å². The van der Waals surface area contributed by atoms with Gasteiger partial charge in [0.2, 0.25) is 0 Å². The van der Waals surface area contributed by atoms with Crippen LogP contribution in [0, 0.1) is 16.7 Å². The zero-order chi connectivity index (χ0) is 19.1. The van der Waals surface area contributed by atoms with Gasteiger partial charge in [-0.3, -0.25) is 9.59 Å². The molecule has 0 aromatic rings. The Morgan fingerprint density at radius 1 is 1.28 bits per heavy atom. The summed E-state index contributed by atoms with van der Waals surface area (Å²) in [6, 6.07) is 0. The highest BCUT2D eigenvalue weighted by Gasteiger charge is 2.82. The van der Waals surface area contributed by atoms with Gasteiger partial charge in [0.25, 0.3) is 0 Å². The first-order valence-corrected chi connectivity index (χ1v) is 13.3. The molecular weight excluding hydrogens is 451 g/mol. The molecule has 5 nitrogen and oxygen atoms in total. The molecule has 2 saturated heterocycles. The van der Waals surface area contributed by atoms with Crippen molar-refractivity contribution >= 4 is 42.8 Å². The van der Waals surface area contributed by atoms with Crippen LogP contribution in [0.1, 0.15) is 41.0 Å². The Morgan fingerprint density at radius 3 is 2.40 bits per heavy atom. The maximum Gasteiger partial charge on any atom is 0.315 e. The lowest BCUT2D eigenvalue weighted by Crippen LogP contribution is -2.54. The second kappa shape index (κ2) is 5.44. The van der Waals surface area contributed by atoms with Crippen LogP contribution in [0.3, 0.4) is 0 Å². The summed E-state index contributed by atoms with van der Waals surface area (Å²) < 4.78 is 18.9. The molecular formula is C18H29IO5Si.